The van der Waals surface area contributed by atoms with Crippen molar-refractivity contribution in [1.29, 1.82) is 0 Å². The van der Waals surface area contributed by atoms with E-state index in [0.29, 0.717) is 34.4 Å². The lowest BCUT2D eigenvalue weighted by atomic mass is 10.2. The molecule has 5 nitrogen and oxygen atoms in total. The van der Waals surface area contributed by atoms with Gasteiger partial charge in [0.05, 0.1) is 17.1 Å². The topological polar surface area (TPSA) is 59.5 Å². The number of sulfonamides is 1. The predicted molar refractivity (Wildman–Crippen MR) is 122 cm³/mol. The van der Waals surface area contributed by atoms with Crippen LogP contribution in [0, 0.1) is 6.92 Å². The van der Waals surface area contributed by atoms with Crippen LogP contribution in [0.15, 0.2) is 58.8 Å². The van der Waals surface area contributed by atoms with Crippen molar-refractivity contribution in [3.8, 4) is 5.75 Å². The summed E-state index contributed by atoms with van der Waals surface area (Å²) in [4.78, 5) is 4.88. The Kier molecular flexibility index (Phi) is 7.52. The summed E-state index contributed by atoms with van der Waals surface area (Å²) in [5.74, 6) is 0.669. The van der Waals surface area contributed by atoms with E-state index in [1.54, 1.807) is 24.3 Å². The first-order valence-electron chi connectivity index (χ1n) is 9.69. The van der Waals surface area contributed by atoms with Crippen molar-refractivity contribution >= 4 is 33.0 Å². The van der Waals surface area contributed by atoms with Gasteiger partial charge in [-0.15, -0.1) is 11.3 Å². The van der Waals surface area contributed by atoms with Crippen LogP contribution in [0.25, 0.3) is 0 Å². The number of aromatic nitrogens is 1. The summed E-state index contributed by atoms with van der Waals surface area (Å²) in [6.45, 7) is 6.36. The SMILES string of the molecule is CCC(C)N(Cc1csc(COc2cccc(Cl)c2)n1)S(=O)(=O)c1ccc(C)cc1. The fourth-order valence-electron chi connectivity index (χ4n) is 2.88. The second kappa shape index (κ2) is 9.92. The molecule has 0 N–H and O–H groups in total. The van der Waals surface area contributed by atoms with Gasteiger partial charge in [0.15, 0.2) is 0 Å². The molecule has 0 aliphatic rings. The molecule has 0 aliphatic carbocycles. The maximum atomic E-state index is 13.3. The third kappa shape index (κ3) is 5.60. The van der Waals surface area contributed by atoms with E-state index in [0.717, 1.165) is 10.6 Å². The van der Waals surface area contributed by atoms with Crippen molar-refractivity contribution in [3.05, 3.63) is 75.2 Å². The van der Waals surface area contributed by atoms with Gasteiger partial charge in [-0.25, -0.2) is 13.4 Å². The quantitative estimate of drug-likeness (QED) is 0.409. The van der Waals surface area contributed by atoms with Gasteiger partial charge >= 0.3 is 0 Å². The minimum atomic E-state index is -3.63. The summed E-state index contributed by atoms with van der Waals surface area (Å²) in [5.41, 5.74) is 1.73. The fraction of sp³-hybridized carbons (Fsp3) is 0.318. The highest BCUT2D eigenvalue weighted by Gasteiger charge is 2.29. The molecule has 0 amide bonds. The van der Waals surface area contributed by atoms with Gasteiger partial charge in [0.25, 0.3) is 0 Å². The molecule has 0 spiro atoms. The summed E-state index contributed by atoms with van der Waals surface area (Å²) in [5, 5.41) is 3.27. The highest BCUT2D eigenvalue weighted by Crippen LogP contribution is 2.24. The summed E-state index contributed by atoms with van der Waals surface area (Å²) >= 11 is 7.43. The Morgan fingerprint density at radius 2 is 1.93 bits per heavy atom. The molecule has 1 aromatic heterocycles. The van der Waals surface area contributed by atoms with Crippen LogP contribution in [0.5, 0.6) is 5.75 Å². The Morgan fingerprint density at radius 3 is 2.60 bits per heavy atom. The molecule has 0 saturated carbocycles. The molecule has 0 aliphatic heterocycles. The smallest absolute Gasteiger partial charge is 0.243 e. The lowest BCUT2D eigenvalue weighted by molar-refractivity contribution is 0.302. The molecule has 3 aromatic rings. The maximum Gasteiger partial charge on any atom is 0.243 e. The molecule has 1 atom stereocenters. The summed E-state index contributed by atoms with van der Waals surface area (Å²) in [6.07, 6.45) is 0.708. The molecular weight excluding hydrogens is 440 g/mol. The zero-order chi connectivity index (χ0) is 21.7. The van der Waals surface area contributed by atoms with Crippen molar-refractivity contribution in [1.82, 2.24) is 9.29 Å². The van der Waals surface area contributed by atoms with E-state index in [1.165, 1.54) is 15.6 Å². The minimum absolute atomic E-state index is 0.149. The van der Waals surface area contributed by atoms with Crippen LogP contribution in [-0.2, 0) is 23.2 Å². The van der Waals surface area contributed by atoms with Crippen LogP contribution in [-0.4, -0.2) is 23.7 Å². The van der Waals surface area contributed by atoms with E-state index in [4.69, 9.17) is 16.3 Å². The number of nitrogens with zero attached hydrogens (tertiary/aromatic N) is 2. The lowest BCUT2D eigenvalue weighted by Gasteiger charge is -2.27. The number of ether oxygens (including phenoxy) is 1. The van der Waals surface area contributed by atoms with Gasteiger partial charge in [-0.2, -0.15) is 4.31 Å². The van der Waals surface area contributed by atoms with Crippen LogP contribution >= 0.6 is 22.9 Å². The molecule has 160 valence electrons. The molecule has 0 radical (unpaired) electrons. The molecule has 30 heavy (non-hydrogen) atoms. The Morgan fingerprint density at radius 1 is 1.20 bits per heavy atom. The van der Waals surface area contributed by atoms with E-state index in [2.05, 4.69) is 4.98 Å². The van der Waals surface area contributed by atoms with Gasteiger partial charge in [0, 0.05) is 16.4 Å². The fourth-order valence-corrected chi connectivity index (χ4v) is 5.43. The van der Waals surface area contributed by atoms with Crippen molar-refractivity contribution in [3.63, 3.8) is 0 Å². The first-order valence-corrected chi connectivity index (χ1v) is 12.4. The Hall–Kier alpha value is -1.93. The molecule has 8 heteroatoms. The third-order valence-corrected chi connectivity index (χ3v) is 7.87. The monoisotopic (exact) mass is 464 g/mol. The lowest BCUT2D eigenvalue weighted by Crippen LogP contribution is -2.37. The van der Waals surface area contributed by atoms with Crippen molar-refractivity contribution in [2.45, 2.75) is 51.3 Å². The van der Waals surface area contributed by atoms with Crippen LogP contribution < -0.4 is 4.74 Å². The second-order valence-corrected chi connectivity index (χ2v) is 10.4. The number of hydrogen-bond donors (Lipinski definition) is 0. The Bertz CT molecular complexity index is 1080. The molecule has 1 heterocycles. The average molecular weight is 465 g/mol. The molecule has 0 saturated heterocycles. The van der Waals surface area contributed by atoms with Crippen LogP contribution in [0.4, 0.5) is 0 Å². The van der Waals surface area contributed by atoms with Gasteiger partial charge in [-0.05, 0) is 50.6 Å². The predicted octanol–water partition coefficient (Wildman–Crippen LogP) is 5.67. The molecule has 0 fully saturated rings. The van der Waals surface area contributed by atoms with Gasteiger partial charge < -0.3 is 4.74 Å². The first kappa shape index (κ1) is 22.7. The average Bonchev–Trinajstić information content (AvgIpc) is 3.18. The van der Waals surface area contributed by atoms with Crippen LogP contribution in [0.3, 0.4) is 0 Å². The number of benzene rings is 2. The van der Waals surface area contributed by atoms with Crippen molar-refractivity contribution < 1.29 is 13.2 Å². The summed E-state index contributed by atoms with van der Waals surface area (Å²) < 4.78 is 33.8. The first-order chi connectivity index (χ1) is 14.3. The highest BCUT2D eigenvalue weighted by atomic mass is 35.5. The Balaban J connectivity index is 1.75. The van der Waals surface area contributed by atoms with Crippen LogP contribution in [0.1, 0.15) is 36.5 Å². The number of aryl methyl sites for hydroxylation is 1. The van der Waals surface area contributed by atoms with E-state index >= 15 is 0 Å². The number of hydrogen-bond acceptors (Lipinski definition) is 5. The zero-order valence-electron chi connectivity index (χ0n) is 17.2. The van der Waals surface area contributed by atoms with Crippen molar-refractivity contribution in [2.75, 3.05) is 0 Å². The van der Waals surface area contributed by atoms with Crippen molar-refractivity contribution in [2.24, 2.45) is 0 Å². The summed E-state index contributed by atoms with van der Waals surface area (Å²) in [6, 6.07) is 14.0. The number of halogens is 1. The largest absolute Gasteiger partial charge is 0.486 e. The maximum absolute atomic E-state index is 13.3. The molecule has 1 unspecified atom stereocenters. The number of rotatable bonds is 9. The molecule has 3 rings (SSSR count). The normalized spacial score (nSPS) is 12.8. The van der Waals surface area contributed by atoms with Gasteiger partial charge in [0.2, 0.25) is 10.0 Å². The van der Waals surface area contributed by atoms with Gasteiger partial charge in [0.1, 0.15) is 17.4 Å². The minimum Gasteiger partial charge on any atom is -0.486 e. The number of thiazole rings is 1. The zero-order valence-corrected chi connectivity index (χ0v) is 19.6. The Labute approximate surface area is 187 Å². The molecule has 0 bridgehead atoms. The third-order valence-electron chi connectivity index (χ3n) is 4.79. The van der Waals surface area contributed by atoms with Crippen LogP contribution in [0.2, 0.25) is 5.02 Å². The standard InChI is InChI=1S/C22H25ClN2O3S2/c1-4-17(3)25(30(26,27)21-10-8-16(2)9-11-21)13-19-15-29-22(24-19)14-28-20-7-5-6-18(23)12-20/h5-12,15,17H,4,13-14H2,1-3H3. The van der Waals surface area contributed by atoms with Gasteiger partial charge in [-0.1, -0.05) is 42.3 Å². The van der Waals surface area contributed by atoms with E-state index in [9.17, 15) is 8.42 Å². The second-order valence-electron chi connectivity index (χ2n) is 7.10. The van der Waals surface area contributed by atoms with E-state index in [1.807, 2.05) is 50.4 Å². The van der Waals surface area contributed by atoms with Gasteiger partial charge in [-0.3, -0.25) is 0 Å². The van der Waals surface area contributed by atoms with E-state index < -0.39 is 10.0 Å². The highest BCUT2D eigenvalue weighted by molar-refractivity contribution is 7.89. The van der Waals surface area contributed by atoms with E-state index in [-0.39, 0.29) is 12.6 Å². The molecular formula is C22H25ClN2O3S2. The summed E-state index contributed by atoms with van der Waals surface area (Å²) in [7, 11) is -3.63. The molecule has 2 aromatic carbocycles.